The number of carbonyl (C=O) groups excluding carboxylic acids is 1. The van der Waals surface area contributed by atoms with Crippen LogP contribution in [0.1, 0.15) is 33.6 Å². The fraction of sp³-hybridized carbons (Fsp3) is 0.889. The zero-order valence-electron chi connectivity index (χ0n) is 8.22. The van der Waals surface area contributed by atoms with E-state index in [1.807, 2.05) is 0 Å². The van der Waals surface area contributed by atoms with Gasteiger partial charge in [-0.05, 0) is 25.7 Å². The molecule has 0 spiro atoms. The second-order valence-corrected chi connectivity index (χ2v) is 3.18. The van der Waals surface area contributed by atoms with Crippen LogP contribution in [0.4, 0.5) is 4.79 Å². The van der Waals surface area contributed by atoms with Crippen molar-refractivity contribution in [2.45, 2.75) is 33.6 Å². The Morgan fingerprint density at radius 2 is 2.17 bits per heavy atom. The topological polar surface area (TPSA) is 38.3 Å². The number of hydrogen-bond donors (Lipinski definition) is 1. The Morgan fingerprint density at radius 1 is 1.50 bits per heavy atom. The second kappa shape index (κ2) is 6.95. The maximum absolute atomic E-state index is 10.8. The highest BCUT2D eigenvalue weighted by Crippen LogP contribution is 2.01. The van der Waals surface area contributed by atoms with E-state index in [-0.39, 0.29) is 6.09 Å². The average Bonchev–Trinajstić information content (AvgIpc) is 1.98. The molecule has 0 aliphatic rings. The molecule has 1 amide bonds. The van der Waals surface area contributed by atoms with Gasteiger partial charge in [0.05, 0.1) is 6.61 Å². The van der Waals surface area contributed by atoms with Crippen molar-refractivity contribution in [2.75, 3.05) is 13.2 Å². The summed E-state index contributed by atoms with van der Waals surface area (Å²) in [6.45, 7) is 7.30. The molecule has 0 aliphatic heterocycles. The largest absolute Gasteiger partial charge is 0.450 e. The molecule has 0 radical (unpaired) electrons. The molecule has 3 nitrogen and oxygen atoms in total. The van der Waals surface area contributed by atoms with Crippen molar-refractivity contribution in [1.82, 2.24) is 5.32 Å². The minimum absolute atomic E-state index is 0.304. The normalized spacial score (nSPS) is 10.0. The van der Waals surface area contributed by atoms with Crippen LogP contribution in [0.5, 0.6) is 0 Å². The lowest BCUT2D eigenvalue weighted by Gasteiger charge is -2.06. The Balaban J connectivity index is 3.14. The first kappa shape index (κ1) is 11.3. The molecule has 72 valence electrons. The number of rotatable bonds is 5. The van der Waals surface area contributed by atoms with Gasteiger partial charge in [0, 0.05) is 6.54 Å². The lowest BCUT2D eigenvalue weighted by Crippen LogP contribution is -2.25. The molecule has 0 bridgehead atoms. The van der Waals surface area contributed by atoms with E-state index in [1.165, 1.54) is 0 Å². The number of ether oxygens (including phenoxy) is 1. The van der Waals surface area contributed by atoms with Crippen LogP contribution in [-0.4, -0.2) is 19.2 Å². The van der Waals surface area contributed by atoms with Crippen molar-refractivity contribution in [3.8, 4) is 0 Å². The highest BCUT2D eigenvalue weighted by atomic mass is 16.5. The number of carbonyl (C=O) groups is 1. The Hall–Kier alpha value is -0.730. The summed E-state index contributed by atoms with van der Waals surface area (Å²) in [5.41, 5.74) is 0. The third-order valence-electron chi connectivity index (χ3n) is 1.50. The van der Waals surface area contributed by atoms with E-state index in [0.717, 1.165) is 19.4 Å². The molecule has 0 fully saturated rings. The van der Waals surface area contributed by atoms with Crippen LogP contribution in [0.25, 0.3) is 0 Å². The fourth-order valence-electron chi connectivity index (χ4n) is 0.883. The maximum atomic E-state index is 10.8. The van der Waals surface area contributed by atoms with Crippen LogP contribution in [-0.2, 0) is 4.74 Å². The first-order valence-corrected chi connectivity index (χ1v) is 4.57. The van der Waals surface area contributed by atoms with E-state index >= 15 is 0 Å². The number of amides is 1. The highest BCUT2D eigenvalue weighted by Gasteiger charge is 1.98. The molecule has 0 atom stereocenters. The summed E-state index contributed by atoms with van der Waals surface area (Å²) in [4.78, 5) is 10.8. The van der Waals surface area contributed by atoms with Crippen LogP contribution < -0.4 is 5.32 Å². The monoisotopic (exact) mass is 173 g/mol. The lowest BCUT2D eigenvalue weighted by molar-refractivity contribution is 0.152. The highest BCUT2D eigenvalue weighted by molar-refractivity contribution is 5.66. The first-order chi connectivity index (χ1) is 5.66. The molecule has 0 saturated heterocycles. The fourth-order valence-corrected chi connectivity index (χ4v) is 0.883. The van der Waals surface area contributed by atoms with Gasteiger partial charge < -0.3 is 10.1 Å². The van der Waals surface area contributed by atoms with Gasteiger partial charge in [0.2, 0.25) is 0 Å². The van der Waals surface area contributed by atoms with Gasteiger partial charge in [0.1, 0.15) is 0 Å². The molecular formula is C9H19NO2. The molecule has 12 heavy (non-hydrogen) atoms. The van der Waals surface area contributed by atoms with Crippen molar-refractivity contribution in [1.29, 1.82) is 0 Å². The Labute approximate surface area is 74.5 Å². The quantitative estimate of drug-likeness (QED) is 0.647. The SMILES string of the molecule is CCOC(=O)NCCCC(C)C. The number of nitrogens with one attached hydrogen (secondary N) is 1. The van der Waals surface area contributed by atoms with Crippen LogP contribution in [0.3, 0.4) is 0 Å². The molecule has 0 rings (SSSR count). The minimum Gasteiger partial charge on any atom is -0.450 e. The number of hydrogen-bond acceptors (Lipinski definition) is 2. The van der Waals surface area contributed by atoms with E-state index in [4.69, 9.17) is 4.74 Å². The summed E-state index contributed by atoms with van der Waals surface area (Å²) in [6.07, 6.45) is 1.87. The van der Waals surface area contributed by atoms with E-state index in [2.05, 4.69) is 19.2 Å². The summed E-state index contributed by atoms with van der Waals surface area (Å²) >= 11 is 0. The van der Waals surface area contributed by atoms with Crippen LogP contribution in [0, 0.1) is 5.92 Å². The Morgan fingerprint density at radius 3 is 2.67 bits per heavy atom. The predicted molar refractivity (Wildman–Crippen MR) is 49.1 cm³/mol. The Bertz CT molecular complexity index is 124. The molecule has 0 aromatic carbocycles. The van der Waals surface area contributed by atoms with Gasteiger partial charge in [-0.25, -0.2) is 4.79 Å². The van der Waals surface area contributed by atoms with Gasteiger partial charge in [0.25, 0.3) is 0 Å². The van der Waals surface area contributed by atoms with E-state index in [1.54, 1.807) is 6.92 Å². The molecule has 1 N–H and O–H groups in total. The van der Waals surface area contributed by atoms with Crippen LogP contribution in [0.15, 0.2) is 0 Å². The maximum Gasteiger partial charge on any atom is 0.407 e. The molecule has 0 aliphatic carbocycles. The van der Waals surface area contributed by atoms with Crippen molar-refractivity contribution in [3.63, 3.8) is 0 Å². The van der Waals surface area contributed by atoms with Gasteiger partial charge in [-0.2, -0.15) is 0 Å². The van der Waals surface area contributed by atoms with Crippen molar-refractivity contribution in [3.05, 3.63) is 0 Å². The molecule has 0 heterocycles. The predicted octanol–water partition coefficient (Wildman–Crippen LogP) is 2.17. The summed E-state index contributed by atoms with van der Waals surface area (Å²) in [7, 11) is 0. The summed E-state index contributed by atoms with van der Waals surface area (Å²) in [5.74, 6) is 0.703. The molecule has 0 aromatic heterocycles. The van der Waals surface area contributed by atoms with E-state index in [9.17, 15) is 4.79 Å². The molecular weight excluding hydrogens is 154 g/mol. The third kappa shape index (κ3) is 7.38. The number of alkyl carbamates (subject to hydrolysis) is 1. The molecule has 0 aromatic rings. The summed E-state index contributed by atoms with van der Waals surface area (Å²) < 4.78 is 4.70. The van der Waals surface area contributed by atoms with E-state index < -0.39 is 0 Å². The third-order valence-corrected chi connectivity index (χ3v) is 1.50. The summed E-state index contributed by atoms with van der Waals surface area (Å²) in [6, 6.07) is 0. The zero-order valence-corrected chi connectivity index (χ0v) is 8.22. The lowest BCUT2D eigenvalue weighted by atomic mass is 10.1. The second-order valence-electron chi connectivity index (χ2n) is 3.18. The van der Waals surface area contributed by atoms with Gasteiger partial charge in [0.15, 0.2) is 0 Å². The molecule has 3 heteroatoms. The smallest absolute Gasteiger partial charge is 0.407 e. The average molecular weight is 173 g/mol. The van der Waals surface area contributed by atoms with Crippen LogP contribution in [0.2, 0.25) is 0 Å². The first-order valence-electron chi connectivity index (χ1n) is 4.57. The standard InChI is InChI=1S/C9H19NO2/c1-4-12-9(11)10-7-5-6-8(2)3/h8H,4-7H2,1-3H3,(H,10,11). The van der Waals surface area contributed by atoms with Crippen molar-refractivity contribution >= 4 is 6.09 Å². The van der Waals surface area contributed by atoms with Gasteiger partial charge >= 0.3 is 6.09 Å². The molecule has 0 unspecified atom stereocenters. The van der Waals surface area contributed by atoms with Crippen molar-refractivity contribution < 1.29 is 9.53 Å². The van der Waals surface area contributed by atoms with Gasteiger partial charge in [-0.15, -0.1) is 0 Å². The van der Waals surface area contributed by atoms with Gasteiger partial charge in [-0.3, -0.25) is 0 Å². The van der Waals surface area contributed by atoms with Crippen LogP contribution >= 0.6 is 0 Å². The minimum atomic E-state index is -0.304. The Kier molecular flexibility index (Phi) is 6.53. The zero-order chi connectivity index (χ0) is 9.40. The van der Waals surface area contributed by atoms with Crippen molar-refractivity contribution in [2.24, 2.45) is 5.92 Å². The van der Waals surface area contributed by atoms with Gasteiger partial charge in [-0.1, -0.05) is 13.8 Å². The van der Waals surface area contributed by atoms with E-state index in [0.29, 0.717) is 12.5 Å². The molecule has 0 saturated carbocycles. The summed E-state index contributed by atoms with van der Waals surface area (Å²) in [5, 5.41) is 2.68.